The third kappa shape index (κ3) is 3.15. The Kier molecular flexibility index (Phi) is 4.47. The highest BCUT2D eigenvalue weighted by Gasteiger charge is 2.38. The normalized spacial score (nSPS) is 21.3. The smallest absolute Gasteiger partial charge is 0.260 e. The second kappa shape index (κ2) is 7.16. The maximum atomic E-state index is 13.4. The minimum atomic E-state index is -0.470. The topological polar surface area (TPSA) is 62.7 Å². The summed E-state index contributed by atoms with van der Waals surface area (Å²) in [6, 6.07) is 14.0. The first-order valence-electron chi connectivity index (χ1n) is 10.2. The zero-order valence-electron chi connectivity index (χ0n) is 16.5. The number of ether oxygens (including phenoxy) is 1. The zero-order valence-corrected chi connectivity index (χ0v) is 16.5. The zero-order chi connectivity index (χ0) is 20.0. The van der Waals surface area contributed by atoms with E-state index in [9.17, 15) is 9.90 Å². The van der Waals surface area contributed by atoms with Crippen LogP contribution in [0.1, 0.15) is 46.4 Å². The molecule has 5 nitrogen and oxygen atoms in total. The Bertz CT molecular complexity index is 1080. The molecule has 2 heterocycles. The standard InChI is InChI=1S/C24H24N2O3/c1-15-9-10-16(13-25-15)11-17-12-20-23(19-6-3-2-5-18(17)19)29-14-26(24(20)28)21-7-4-8-22(21)27/h2-3,5-6,9-10,12-13,21-22,27H,4,7-8,11,14H2,1H3/t21-,22?/m0/s1. The molecule has 1 unspecified atom stereocenters. The predicted molar refractivity (Wildman–Crippen MR) is 111 cm³/mol. The van der Waals surface area contributed by atoms with E-state index in [0.717, 1.165) is 46.9 Å². The summed E-state index contributed by atoms with van der Waals surface area (Å²) in [5.41, 5.74) is 3.76. The van der Waals surface area contributed by atoms with Crippen LogP contribution < -0.4 is 4.74 Å². The van der Waals surface area contributed by atoms with Crippen LogP contribution in [-0.4, -0.2) is 39.8 Å². The van der Waals surface area contributed by atoms with Crippen LogP contribution in [0.25, 0.3) is 10.8 Å². The summed E-state index contributed by atoms with van der Waals surface area (Å²) in [6.45, 7) is 2.17. The average molecular weight is 388 g/mol. The highest BCUT2D eigenvalue weighted by molar-refractivity contribution is 6.06. The number of amides is 1. The van der Waals surface area contributed by atoms with Crippen LogP contribution in [0, 0.1) is 6.92 Å². The number of fused-ring (bicyclic) bond motifs is 3. The van der Waals surface area contributed by atoms with Crippen molar-refractivity contribution < 1.29 is 14.6 Å². The molecule has 1 aromatic heterocycles. The molecule has 2 aromatic carbocycles. The second-order valence-corrected chi connectivity index (χ2v) is 8.06. The molecule has 0 spiro atoms. The molecule has 1 saturated carbocycles. The molecule has 1 amide bonds. The van der Waals surface area contributed by atoms with E-state index >= 15 is 0 Å². The number of aryl methyl sites for hydroxylation is 1. The molecule has 0 radical (unpaired) electrons. The summed E-state index contributed by atoms with van der Waals surface area (Å²) in [5, 5.41) is 12.3. The lowest BCUT2D eigenvalue weighted by Gasteiger charge is -2.35. The molecule has 1 N–H and O–H groups in total. The van der Waals surface area contributed by atoms with E-state index in [2.05, 4.69) is 17.1 Å². The van der Waals surface area contributed by atoms with Crippen LogP contribution in [0.4, 0.5) is 0 Å². The van der Waals surface area contributed by atoms with Crippen LogP contribution in [0.3, 0.4) is 0 Å². The van der Waals surface area contributed by atoms with Crippen molar-refractivity contribution in [2.45, 2.75) is 44.8 Å². The molecular weight excluding hydrogens is 364 g/mol. The summed E-state index contributed by atoms with van der Waals surface area (Å²) >= 11 is 0. The van der Waals surface area contributed by atoms with E-state index in [4.69, 9.17) is 4.74 Å². The summed E-state index contributed by atoms with van der Waals surface area (Å²) in [5.74, 6) is 0.603. The van der Waals surface area contributed by atoms with E-state index in [-0.39, 0.29) is 18.7 Å². The SMILES string of the molecule is Cc1ccc(Cc2cc3c(c4ccccc24)OCN([C@H]2CCCC2O)C3=O)cn1. The second-order valence-electron chi connectivity index (χ2n) is 8.06. The van der Waals surface area contributed by atoms with Gasteiger partial charge in [-0.1, -0.05) is 30.3 Å². The van der Waals surface area contributed by atoms with Crippen molar-refractivity contribution in [2.24, 2.45) is 0 Å². The number of aromatic nitrogens is 1. The van der Waals surface area contributed by atoms with Gasteiger partial charge in [0, 0.05) is 17.3 Å². The summed E-state index contributed by atoms with van der Waals surface area (Å²) < 4.78 is 6.08. The number of aliphatic hydroxyl groups excluding tert-OH is 1. The molecule has 1 aliphatic heterocycles. The minimum absolute atomic E-state index is 0.0498. The molecular formula is C24H24N2O3. The van der Waals surface area contributed by atoms with Gasteiger partial charge >= 0.3 is 0 Å². The Balaban J connectivity index is 1.59. The number of pyridine rings is 1. The van der Waals surface area contributed by atoms with Crippen molar-refractivity contribution in [1.29, 1.82) is 0 Å². The van der Waals surface area contributed by atoms with Crippen LogP contribution in [0.15, 0.2) is 48.7 Å². The van der Waals surface area contributed by atoms with Gasteiger partial charge in [-0.3, -0.25) is 14.7 Å². The fourth-order valence-electron chi connectivity index (χ4n) is 4.59. The number of rotatable bonds is 3. The lowest BCUT2D eigenvalue weighted by molar-refractivity contribution is 0.0132. The molecule has 2 atom stereocenters. The monoisotopic (exact) mass is 388 g/mol. The van der Waals surface area contributed by atoms with E-state index < -0.39 is 6.10 Å². The van der Waals surface area contributed by atoms with Gasteiger partial charge < -0.3 is 9.84 Å². The van der Waals surface area contributed by atoms with Crippen molar-refractivity contribution in [1.82, 2.24) is 9.88 Å². The van der Waals surface area contributed by atoms with E-state index in [0.29, 0.717) is 17.7 Å². The van der Waals surface area contributed by atoms with Crippen molar-refractivity contribution in [3.8, 4) is 5.75 Å². The quantitative estimate of drug-likeness (QED) is 0.741. The van der Waals surface area contributed by atoms with Gasteiger partial charge in [-0.05, 0) is 61.3 Å². The molecule has 5 heteroatoms. The predicted octanol–water partition coefficient (Wildman–Crippen LogP) is 3.84. The Morgan fingerprint density at radius 2 is 2.00 bits per heavy atom. The first-order chi connectivity index (χ1) is 14.1. The van der Waals surface area contributed by atoms with Crippen molar-refractivity contribution >= 4 is 16.7 Å². The number of aliphatic hydroxyl groups is 1. The third-order valence-electron chi connectivity index (χ3n) is 6.13. The number of hydrogen-bond acceptors (Lipinski definition) is 4. The Labute approximate surface area is 169 Å². The molecule has 5 rings (SSSR count). The van der Waals surface area contributed by atoms with Gasteiger partial charge in [0.25, 0.3) is 5.91 Å². The van der Waals surface area contributed by atoms with Crippen LogP contribution in [0.2, 0.25) is 0 Å². The number of hydrogen-bond donors (Lipinski definition) is 1. The van der Waals surface area contributed by atoms with Gasteiger partial charge in [-0.15, -0.1) is 0 Å². The first-order valence-corrected chi connectivity index (χ1v) is 10.2. The molecule has 3 aromatic rings. The molecule has 29 heavy (non-hydrogen) atoms. The van der Waals surface area contributed by atoms with E-state index in [1.54, 1.807) is 4.90 Å². The van der Waals surface area contributed by atoms with Gasteiger partial charge in [-0.2, -0.15) is 0 Å². The first kappa shape index (κ1) is 18.1. The fourth-order valence-corrected chi connectivity index (χ4v) is 4.59. The van der Waals surface area contributed by atoms with Gasteiger partial charge in [0.05, 0.1) is 17.7 Å². The highest BCUT2D eigenvalue weighted by Crippen LogP contribution is 2.38. The lowest BCUT2D eigenvalue weighted by atomic mass is 9.94. The maximum absolute atomic E-state index is 13.4. The van der Waals surface area contributed by atoms with Crippen LogP contribution >= 0.6 is 0 Å². The summed E-state index contributed by atoms with van der Waals surface area (Å²) in [7, 11) is 0. The van der Waals surface area contributed by atoms with Gasteiger partial charge in [0.2, 0.25) is 0 Å². The number of nitrogens with zero attached hydrogens (tertiary/aromatic N) is 2. The van der Waals surface area contributed by atoms with Crippen molar-refractivity contribution in [2.75, 3.05) is 6.73 Å². The Morgan fingerprint density at radius 1 is 1.17 bits per heavy atom. The molecule has 0 bridgehead atoms. The highest BCUT2D eigenvalue weighted by atomic mass is 16.5. The average Bonchev–Trinajstić information content (AvgIpc) is 3.16. The van der Waals surface area contributed by atoms with Gasteiger partial charge in [0.15, 0.2) is 6.73 Å². The van der Waals surface area contributed by atoms with Gasteiger partial charge in [-0.25, -0.2) is 0 Å². The maximum Gasteiger partial charge on any atom is 0.260 e. The molecule has 2 aliphatic rings. The lowest BCUT2D eigenvalue weighted by Crippen LogP contribution is -2.48. The van der Waals surface area contributed by atoms with Crippen LogP contribution in [0.5, 0.6) is 5.75 Å². The fraction of sp³-hybridized carbons (Fsp3) is 0.333. The molecule has 1 aliphatic carbocycles. The number of carbonyl (C=O) groups is 1. The molecule has 0 saturated heterocycles. The number of carbonyl (C=O) groups excluding carboxylic acids is 1. The minimum Gasteiger partial charge on any atom is -0.472 e. The third-order valence-corrected chi connectivity index (χ3v) is 6.13. The largest absolute Gasteiger partial charge is 0.472 e. The summed E-state index contributed by atoms with van der Waals surface area (Å²) in [6.07, 6.45) is 4.61. The number of benzene rings is 2. The van der Waals surface area contributed by atoms with Gasteiger partial charge in [0.1, 0.15) is 5.75 Å². The van der Waals surface area contributed by atoms with E-state index in [1.807, 2.05) is 43.5 Å². The van der Waals surface area contributed by atoms with E-state index in [1.165, 1.54) is 0 Å². The molecule has 148 valence electrons. The van der Waals surface area contributed by atoms with Crippen molar-refractivity contribution in [3.05, 3.63) is 71.0 Å². The summed E-state index contributed by atoms with van der Waals surface area (Å²) in [4.78, 5) is 19.5. The Morgan fingerprint density at radius 3 is 2.72 bits per heavy atom. The molecule has 1 fully saturated rings. The van der Waals surface area contributed by atoms with Crippen molar-refractivity contribution in [3.63, 3.8) is 0 Å². The Hall–Kier alpha value is -2.92. The van der Waals surface area contributed by atoms with Crippen LogP contribution in [-0.2, 0) is 6.42 Å².